The van der Waals surface area contributed by atoms with Crippen LogP contribution in [0.15, 0.2) is 47.4 Å². The summed E-state index contributed by atoms with van der Waals surface area (Å²) in [4.78, 5) is 25.0. The van der Waals surface area contributed by atoms with Gasteiger partial charge < -0.3 is 15.2 Å². The van der Waals surface area contributed by atoms with Crippen LogP contribution in [-0.2, 0) is 4.79 Å². The number of nitro groups is 1. The van der Waals surface area contributed by atoms with Gasteiger partial charge in [-0.2, -0.15) is 0 Å². The molecule has 144 valence electrons. The molecule has 1 aliphatic rings. The Hall–Kier alpha value is -3.11. The summed E-state index contributed by atoms with van der Waals surface area (Å²) in [6.45, 7) is 0.00571. The number of carbonyl (C=O) groups excluding carboxylic acids is 1. The molecule has 0 aromatic heterocycles. The van der Waals surface area contributed by atoms with Gasteiger partial charge >= 0.3 is 0 Å². The summed E-state index contributed by atoms with van der Waals surface area (Å²) < 4.78 is 5.41. The number of nitro benzene ring substituents is 1. The van der Waals surface area contributed by atoms with Gasteiger partial charge in [-0.05, 0) is 29.8 Å². The molecule has 1 amide bonds. The average molecular weight is 417 g/mol. The summed E-state index contributed by atoms with van der Waals surface area (Å²) in [7, 11) is 1.44. The Labute approximate surface area is 169 Å². The van der Waals surface area contributed by atoms with Crippen LogP contribution >= 0.6 is 24.0 Å². The van der Waals surface area contributed by atoms with Crippen molar-refractivity contribution in [1.29, 1.82) is 0 Å². The number of para-hydroxylation sites is 2. The van der Waals surface area contributed by atoms with Gasteiger partial charge in [-0.1, -0.05) is 42.2 Å². The molecule has 0 atom stereocenters. The van der Waals surface area contributed by atoms with Crippen LogP contribution < -0.4 is 10.1 Å². The zero-order chi connectivity index (χ0) is 20.3. The van der Waals surface area contributed by atoms with E-state index in [1.54, 1.807) is 36.4 Å². The Morgan fingerprint density at radius 2 is 2.11 bits per heavy atom. The standard InChI is InChI=1S/C18H15N3O5S2/c1-26-15-8-11(6-7-14(15)22)9-16-17(23)20(18(27)28-16)10-19-12-4-2-3-5-13(12)21(24)25/h2-9,19,22H,10H2,1H3/b16-9-. The maximum absolute atomic E-state index is 12.7. The van der Waals surface area contributed by atoms with Crippen molar-refractivity contribution in [2.75, 3.05) is 19.1 Å². The number of rotatable bonds is 6. The molecule has 2 N–H and O–H groups in total. The number of amides is 1. The number of phenols is 1. The number of anilines is 1. The van der Waals surface area contributed by atoms with Crippen LogP contribution in [0.5, 0.6) is 11.5 Å². The first kappa shape index (κ1) is 19.6. The van der Waals surface area contributed by atoms with E-state index in [-0.39, 0.29) is 24.0 Å². The number of hydrogen-bond donors (Lipinski definition) is 2. The second kappa shape index (κ2) is 8.28. The maximum atomic E-state index is 12.7. The van der Waals surface area contributed by atoms with Crippen molar-refractivity contribution in [3.63, 3.8) is 0 Å². The van der Waals surface area contributed by atoms with E-state index in [0.29, 0.717) is 26.2 Å². The Kier molecular flexibility index (Phi) is 5.81. The van der Waals surface area contributed by atoms with Crippen LogP contribution in [0.3, 0.4) is 0 Å². The average Bonchev–Trinajstić information content (AvgIpc) is 2.94. The van der Waals surface area contributed by atoms with Gasteiger partial charge in [0.1, 0.15) is 10.0 Å². The van der Waals surface area contributed by atoms with Crippen LogP contribution in [0, 0.1) is 10.1 Å². The van der Waals surface area contributed by atoms with Gasteiger partial charge in [-0.3, -0.25) is 19.8 Å². The van der Waals surface area contributed by atoms with E-state index in [1.807, 2.05) is 0 Å². The first-order chi connectivity index (χ1) is 13.4. The number of nitrogens with zero attached hydrogens (tertiary/aromatic N) is 2. The molecule has 28 heavy (non-hydrogen) atoms. The van der Waals surface area contributed by atoms with Crippen LogP contribution in [0.1, 0.15) is 5.56 Å². The lowest BCUT2D eigenvalue weighted by Gasteiger charge is -2.16. The van der Waals surface area contributed by atoms with Gasteiger partial charge in [0.25, 0.3) is 11.6 Å². The van der Waals surface area contributed by atoms with Gasteiger partial charge in [0, 0.05) is 6.07 Å². The van der Waals surface area contributed by atoms with Gasteiger partial charge in [0.05, 0.1) is 23.6 Å². The van der Waals surface area contributed by atoms with Crippen LogP contribution in [0.25, 0.3) is 6.08 Å². The summed E-state index contributed by atoms with van der Waals surface area (Å²) in [6.07, 6.45) is 1.65. The largest absolute Gasteiger partial charge is 0.504 e. The van der Waals surface area contributed by atoms with Crippen molar-refractivity contribution in [2.24, 2.45) is 0 Å². The predicted molar refractivity (Wildman–Crippen MR) is 111 cm³/mol. The number of phenolic OH excluding ortho intramolecular Hbond substituents is 1. The van der Waals surface area contributed by atoms with Gasteiger partial charge in [-0.15, -0.1) is 0 Å². The molecule has 0 spiro atoms. The Morgan fingerprint density at radius 1 is 1.36 bits per heavy atom. The summed E-state index contributed by atoms with van der Waals surface area (Å²) in [5.74, 6) is -0.0173. The number of aromatic hydroxyl groups is 1. The molecule has 2 aromatic rings. The molecule has 0 aliphatic carbocycles. The van der Waals surface area contributed by atoms with Crippen molar-refractivity contribution < 1.29 is 19.6 Å². The minimum atomic E-state index is -0.495. The van der Waals surface area contributed by atoms with E-state index in [1.165, 1.54) is 24.1 Å². The molecule has 8 nitrogen and oxygen atoms in total. The van der Waals surface area contributed by atoms with Crippen molar-refractivity contribution in [3.05, 3.63) is 63.0 Å². The lowest BCUT2D eigenvalue weighted by molar-refractivity contribution is -0.384. The predicted octanol–water partition coefficient (Wildman–Crippen LogP) is 3.58. The highest BCUT2D eigenvalue weighted by Gasteiger charge is 2.32. The molecular weight excluding hydrogens is 402 g/mol. The summed E-state index contributed by atoms with van der Waals surface area (Å²) in [5, 5.41) is 23.7. The molecule has 2 aromatic carbocycles. The molecule has 1 aliphatic heterocycles. The van der Waals surface area contributed by atoms with Crippen LogP contribution in [0.2, 0.25) is 0 Å². The molecule has 3 rings (SSSR count). The quantitative estimate of drug-likeness (QED) is 0.318. The molecule has 0 unspecified atom stereocenters. The van der Waals surface area contributed by atoms with E-state index in [0.717, 1.165) is 11.8 Å². The number of hydrogen-bond acceptors (Lipinski definition) is 8. The highest BCUT2D eigenvalue weighted by Crippen LogP contribution is 2.34. The fraction of sp³-hybridized carbons (Fsp3) is 0.111. The van der Waals surface area contributed by atoms with Crippen molar-refractivity contribution in [3.8, 4) is 11.5 Å². The van der Waals surface area contributed by atoms with E-state index >= 15 is 0 Å². The minimum Gasteiger partial charge on any atom is -0.504 e. The zero-order valence-corrected chi connectivity index (χ0v) is 16.3. The molecule has 0 radical (unpaired) electrons. The lowest BCUT2D eigenvalue weighted by atomic mass is 10.2. The fourth-order valence-electron chi connectivity index (χ4n) is 2.52. The number of thioether (sulfide) groups is 1. The van der Waals surface area contributed by atoms with Gasteiger partial charge in [-0.25, -0.2) is 0 Å². The van der Waals surface area contributed by atoms with Crippen molar-refractivity contribution in [2.45, 2.75) is 0 Å². The molecular formula is C18H15N3O5S2. The topological polar surface area (TPSA) is 105 Å². The molecule has 1 heterocycles. The Morgan fingerprint density at radius 3 is 2.82 bits per heavy atom. The summed E-state index contributed by atoms with van der Waals surface area (Å²) in [5.41, 5.74) is 0.885. The Bertz CT molecular complexity index is 993. The number of nitrogens with one attached hydrogen (secondary N) is 1. The monoisotopic (exact) mass is 417 g/mol. The molecule has 0 bridgehead atoms. The maximum Gasteiger partial charge on any atom is 0.292 e. The second-order valence-electron chi connectivity index (χ2n) is 5.65. The highest BCUT2D eigenvalue weighted by atomic mass is 32.2. The first-order valence-corrected chi connectivity index (χ1v) is 9.23. The zero-order valence-electron chi connectivity index (χ0n) is 14.6. The number of ether oxygens (including phenoxy) is 1. The van der Waals surface area contributed by atoms with E-state index < -0.39 is 4.92 Å². The van der Waals surface area contributed by atoms with E-state index in [9.17, 15) is 20.0 Å². The lowest BCUT2D eigenvalue weighted by Crippen LogP contribution is -2.33. The fourth-order valence-corrected chi connectivity index (χ4v) is 3.77. The Balaban J connectivity index is 1.76. The summed E-state index contributed by atoms with van der Waals surface area (Å²) >= 11 is 6.40. The third kappa shape index (κ3) is 4.07. The van der Waals surface area contributed by atoms with Crippen LogP contribution in [-0.4, -0.2) is 38.9 Å². The molecule has 0 saturated carbocycles. The SMILES string of the molecule is COc1cc(/C=C2\SC(=S)N(CNc3ccccc3[N+](=O)[O-])C2=O)ccc1O. The number of carbonyl (C=O) groups is 1. The third-order valence-corrected chi connectivity index (χ3v) is 5.28. The van der Waals surface area contributed by atoms with Gasteiger partial charge in [0.15, 0.2) is 11.5 Å². The number of thiocarbonyl (C=S) groups is 1. The smallest absolute Gasteiger partial charge is 0.292 e. The molecule has 10 heteroatoms. The first-order valence-electron chi connectivity index (χ1n) is 8.00. The van der Waals surface area contributed by atoms with E-state index in [4.69, 9.17) is 17.0 Å². The highest BCUT2D eigenvalue weighted by molar-refractivity contribution is 8.26. The van der Waals surface area contributed by atoms with Gasteiger partial charge in [0.2, 0.25) is 0 Å². The van der Waals surface area contributed by atoms with Crippen LogP contribution in [0.4, 0.5) is 11.4 Å². The van der Waals surface area contributed by atoms with Crippen molar-refractivity contribution >= 4 is 51.7 Å². The normalized spacial score (nSPS) is 15.2. The van der Waals surface area contributed by atoms with E-state index in [2.05, 4.69) is 5.32 Å². The van der Waals surface area contributed by atoms with Crippen molar-refractivity contribution in [1.82, 2.24) is 4.90 Å². The number of methoxy groups -OCH3 is 1. The third-order valence-electron chi connectivity index (χ3n) is 3.90. The minimum absolute atomic E-state index is 0.000791. The molecule has 1 fully saturated rings. The summed E-state index contributed by atoms with van der Waals surface area (Å²) in [6, 6.07) is 10.9. The number of benzene rings is 2. The second-order valence-corrected chi connectivity index (χ2v) is 7.33. The molecule has 1 saturated heterocycles.